The molecule has 8 nitrogen and oxygen atoms in total. The zero-order valence-corrected chi connectivity index (χ0v) is 22.7. The quantitative estimate of drug-likeness (QED) is 0.319. The van der Waals surface area contributed by atoms with E-state index in [9.17, 15) is 39.6 Å². The summed E-state index contributed by atoms with van der Waals surface area (Å²) in [7, 11) is 0. The Morgan fingerprint density at radius 3 is 0.606 bits per heavy atom. The molecule has 0 unspecified atom stereocenters. The second kappa shape index (κ2) is 27.8. The number of aliphatic carboxylic acids is 4. The Labute approximate surface area is 216 Å². The van der Waals surface area contributed by atoms with E-state index < -0.39 is 23.9 Å². The summed E-state index contributed by atoms with van der Waals surface area (Å²) in [4.78, 5) is 39.5. The second-order valence-electron chi connectivity index (χ2n) is 6.56. The number of carboxylic acids is 4. The van der Waals surface area contributed by atoms with Gasteiger partial charge in [0.25, 0.3) is 0 Å². The molecule has 33 heavy (non-hydrogen) atoms. The van der Waals surface area contributed by atoms with Gasteiger partial charge in [-0.25, -0.2) is 0 Å². The Hall–Kier alpha value is -2.28. The first-order chi connectivity index (χ1) is 14.7. The molecule has 0 rings (SSSR count). The van der Waals surface area contributed by atoms with Crippen LogP contribution in [-0.2, 0) is 45.4 Å². The van der Waals surface area contributed by atoms with Crippen molar-refractivity contribution >= 4 is 23.9 Å². The van der Waals surface area contributed by atoms with Crippen LogP contribution in [0, 0.1) is 0 Å². The second-order valence-corrected chi connectivity index (χ2v) is 6.56. The molecular weight excluding hydrogens is 507 g/mol. The molecule has 0 aliphatic heterocycles. The van der Waals surface area contributed by atoms with Gasteiger partial charge in [-0.05, 0) is 48.0 Å². The molecule has 0 amide bonds. The minimum atomic E-state index is -1.13. The van der Waals surface area contributed by atoms with Gasteiger partial charge in [-0.2, -0.15) is 0 Å². The molecule has 184 valence electrons. The molecule has 0 spiro atoms. The average molecular weight is 544 g/mol. The number of hydrogen-bond acceptors (Lipinski definition) is 8. The van der Waals surface area contributed by atoms with Gasteiger partial charge in [0.2, 0.25) is 0 Å². The third-order valence-corrected chi connectivity index (χ3v) is 3.36. The van der Waals surface area contributed by atoms with Crippen LogP contribution in [0.2, 0.25) is 0 Å². The summed E-state index contributed by atoms with van der Waals surface area (Å²) in [6.45, 7) is 20.7. The van der Waals surface area contributed by atoms with E-state index in [0.29, 0.717) is 25.7 Å². The number of rotatable bonds is 12. The zero-order valence-electron chi connectivity index (χ0n) is 20.3. The Morgan fingerprint density at radius 1 is 0.455 bits per heavy atom. The van der Waals surface area contributed by atoms with Crippen molar-refractivity contribution < 1.29 is 65.8 Å². The fourth-order valence-electron chi connectivity index (χ4n) is 1.62. The zero-order chi connectivity index (χ0) is 26.3. The molecule has 9 heteroatoms. The van der Waals surface area contributed by atoms with E-state index in [1.807, 2.05) is 27.7 Å². The van der Waals surface area contributed by atoms with Gasteiger partial charge >= 0.3 is 26.2 Å². The van der Waals surface area contributed by atoms with Crippen LogP contribution in [0.15, 0.2) is 48.6 Å². The predicted octanol–water partition coefficient (Wildman–Crippen LogP) is 0.368. The van der Waals surface area contributed by atoms with E-state index >= 15 is 0 Å². The van der Waals surface area contributed by atoms with E-state index in [0.717, 1.165) is 25.7 Å². The molecule has 0 aromatic carbocycles. The molecule has 0 aliphatic rings. The Kier molecular flexibility index (Phi) is 34.5. The molecule has 0 saturated carbocycles. The normalized spacial score (nSPS) is 8.36. The van der Waals surface area contributed by atoms with E-state index in [4.69, 9.17) is 0 Å². The van der Waals surface area contributed by atoms with Gasteiger partial charge in [-0.1, -0.05) is 79.7 Å². The van der Waals surface area contributed by atoms with Crippen molar-refractivity contribution in [3.8, 4) is 0 Å². The Balaban J connectivity index is -0.000000105. The molecule has 0 N–H and O–H groups in total. The summed E-state index contributed by atoms with van der Waals surface area (Å²) in [6.07, 6.45) is 5.37. The monoisotopic (exact) mass is 542 g/mol. The summed E-state index contributed by atoms with van der Waals surface area (Å²) >= 11 is 0. The fraction of sp³-hybridized carbons (Fsp3) is 0.500. The van der Waals surface area contributed by atoms with Crippen LogP contribution >= 0.6 is 0 Å². The van der Waals surface area contributed by atoms with Gasteiger partial charge in [-0.15, -0.1) is 0 Å². The van der Waals surface area contributed by atoms with Crippen molar-refractivity contribution in [1.82, 2.24) is 0 Å². The van der Waals surface area contributed by atoms with Gasteiger partial charge in [0.05, 0.1) is 23.9 Å². The topological polar surface area (TPSA) is 161 Å². The largest absolute Gasteiger partial charge is 4.00 e. The third-order valence-electron chi connectivity index (χ3n) is 3.36. The standard InChI is InChI=1S/4C6H10O2.Zr/c4*1-3-4-5(2)6(7)8;/h4*2-4H2,1H3,(H,7,8);/q;;;;+4/p-4. The Morgan fingerprint density at radius 2 is 0.576 bits per heavy atom. The maximum atomic E-state index is 9.88. The van der Waals surface area contributed by atoms with Gasteiger partial charge in [-0.3, -0.25) is 0 Å². The molecule has 0 aromatic rings. The molecule has 0 aliphatic carbocycles. The van der Waals surface area contributed by atoms with E-state index in [1.54, 1.807) is 0 Å². The van der Waals surface area contributed by atoms with Gasteiger partial charge < -0.3 is 39.6 Å². The minimum absolute atomic E-state index is 0. The van der Waals surface area contributed by atoms with Crippen LogP contribution in [0.5, 0.6) is 0 Å². The molecule has 0 saturated heterocycles. The van der Waals surface area contributed by atoms with Crippen molar-refractivity contribution in [1.29, 1.82) is 0 Å². The maximum Gasteiger partial charge on any atom is 4.00 e. The van der Waals surface area contributed by atoms with E-state index in [2.05, 4.69) is 26.3 Å². The number of carbonyl (C=O) groups is 4. The van der Waals surface area contributed by atoms with Crippen LogP contribution in [0.3, 0.4) is 0 Å². The van der Waals surface area contributed by atoms with Gasteiger partial charge in [0, 0.05) is 0 Å². The summed E-state index contributed by atoms with van der Waals surface area (Å²) in [5, 5.41) is 39.5. The first-order valence-corrected chi connectivity index (χ1v) is 10.3. The van der Waals surface area contributed by atoms with Crippen LogP contribution < -0.4 is 20.4 Å². The summed E-state index contributed by atoms with van der Waals surface area (Å²) in [6, 6.07) is 0. The van der Waals surface area contributed by atoms with E-state index in [1.165, 1.54) is 0 Å². The first-order valence-electron chi connectivity index (χ1n) is 10.3. The summed E-state index contributed by atoms with van der Waals surface area (Å²) < 4.78 is 0. The number of hydrogen-bond donors (Lipinski definition) is 0. The molecular formula is C24H36O8Zr. The van der Waals surface area contributed by atoms with Crippen molar-refractivity contribution in [2.24, 2.45) is 0 Å². The first kappa shape index (κ1) is 41.0. The SMILES string of the molecule is C=C(CCC)C(=O)[O-].C=C(CCC)C(=O)[O-].C=C(CCC)C(=O)[O-].C=C(CCC)C(=O)[O-].[Zr+4]. The van der Waals surface area contributed by atoms with Crippen molar-refractivity contribution in [3.05, 3.63) is 48.6 Å². The van der Waals surface area contributed by atoms with Crippen LogP contribution in [0.25, 0.3) is 0 Å². The molecule has 0 aromatic heterocycles. The fourth-order valence-corrected chi connectivity index (χ4v) is 1.62. The molecule has 0 heterocycles. The number of carboxylic acid groups (broad SMARTS) is 4. The minimum Gasteiger partial charge on any atom is -0.545 e. The van der Waals surface area contributed by atoms with Crippen LogP contribution in [0.4, 0.5) is 0 Å². The van der Waals surface area contributed by atoms with Gasteiger partial charge in [0.15, 0.2) is 0 Å². The average Bonchev–Trinajstić information content (AvgIpc) is 2.70. The molecule has 0 bridgehead atoms. The van der Waals surface area contributed by atoms with Crippen molar-refractivity contribution in [2.45, 2.75) is 79.1 Å². The van der Waals surface area contributed by atoms with Gasteiger partial charge in [0.1, 0.15) is 0 Å². The van der Waals surface area contributed by atoms with E-state index in [-0.39, 0.29) is 48.5 Å². The number of carbonyl (C=O) groups excluding carboxylic acids is 4. The van der Waals surface area contributed by atoms with Crippen molar-refractivity contribution in [2.75, 3.05) is 0 Å². The molecule has 0 fully saturated rings. The van der Waals surface area contributed by atoms with Crippen molar-refractivity contribution in [3.63, 3.8) is 0 Å². The Bertz CT molecular complexity index is 539. The molecule has 0 atom stereocenters. The predicted molar refractivity (Wildman–Crippen MR) is 116 cm³/mol. The van der Waals surface area contributed by atoms with Crippen LogP contribution in [0.1, 0.15) is 79.1 Å². The third kappa shape index (κ3) is 34.5. The van der Waals surface area contributed by atoms with Crippen LogP contribution in [-0.4, -0.2) is 23.9 Å². The summed E-state index contributed by atoms with van der Waals surface area (Å²) in [5.41, 5.74) is 0.750. The smallest absolute Gasteiger partial charge is 0.545 e. The molecule has 0 radical (unpaired) electrons. The summed E-state index contributed by atoms with van der Waals surface area (Å²) in [5.74, 6) is -4.53. The maximum absolute atomic E-state index is 9.88.